The first-order valence-electron chi connectivity index (χ1n) is 6.19. The molecule has 1 fully saturated rings. The van der Waals surface area contributed by atoms with E-state index in [4.69, 9.17) is 10.4 Å². The van der Waals surface area contributed by atoms with Crippen molar-refractivity contribution in [2.75, 3.05) is 38.2 Å². The molecule has 106 valence electrons. The van der Waals surface area contributed by atoms with Gasteiger partial charge in [0.2, 0.25) is 5.91 Å². The lowest BCUT2D eigenvalue weighted by molar-refractivity contribution is -0.139. The first kappa shape index (κ1) is 15.8. The van der Waals surface area contributed by atoms with Crippen molar-refractivity contribution in [2.24, 2.45) is 0 Å². The molecule has 1 saturated heterocycles. The summed E-state index contributed by atoms with van der Waals surface area (Å²) in [5, 5.41) is 17.4. The monoisotopic (exact) mass is 285 g/mol. The Labute approximate surface area is 117 Å². The molecule has 19 heavy (non-hydrogen) atoms. The summed E-state index contributed by atoms with van der Waals surface area (Å²) in [6.45, 7) is 1.39. The van der Waals surface area contributed by atoms with E-state index in [0.717, 1.165) is 18.1 Å². The molecular weight excluding hydrogens is 266 g/mol. The van der Waals surface area contributed by atoms with E-state index in [9.17, 15) is 9.59 Å². The number of hydrogen-bond donors (Lipinski definition) is 1. The van der Waals surface area contributed by atoms with Gasteiger partial charge < -0.3 is 10.0 Å². The second-order valence-electron chi connectivity index (χ2n) is 4.52. The van der Waals surface area contributed by atoms with Gasteiger partial charge in [-0.25, -0.2) is 0 Å². The first-order chi connectivity index (χ1) is 9.04. The zero-order valence-corrected chi connectivity index (χ0v) is 11.9. The van der Waals surface area contributed by atoms with Crippen LogP contribution in [0.2, 0.25) is 0 Å². The van der Waals surface area contributed by atoms with Crippen molar-refractivity contribution in [3.05, 3.63) is 0 Å². The second kappa shape index (κ2) is 8.02. The first-order valence-corrected chi connectivity index (χ1v) is 7.34. The predicted molar refractivity (Wildman–Crippen MR) is 72.8 cm³/mol. The fraction of sp³-hybridized carbons (Fsp3) is 0.750. The van der Waals surface area contributed by atoms with Crippen LogP contribution in [0, 0.1) is 11.3 Å². The Morgan fingerprint density at radius 3 is 2.95 bits per heavy atom. The van der Waals surface area contributed by atoms with Crippen molar-refractivity contribution in [1.82, 2.24) is 9.80 Å². The number of hydrogen-bond acceptors (Lipinski definition) is 5. The Morgan fingerprint density at radius 2 is 2.32 bits per heavy atom. The van der Waals surface area contributed by atoms with Crippen LogP contribution in [-0.2, 0) is 9.59 Å². The highest BCUT2D eigenvalue weighted by molar-refractivity contribution is 7.99. The van der Waals surface area contributed by atoms with Crippen molar-refractivity contribution >= 4 is 23.6 Å². The molecule has 1 heterocycles. The Hall–Kier alpha value is -1.26. The van der Waals surface area contributed by atoms with Crippen molar-refractivity contribution in [3.8, 4) is 6.07 Å². The van der Waals surface area contributed by atoms with Gasteiger partial charge in [-0.05, 0) is 0 Å². The summed E-state index contributed by atoms with van der Waals surface area (Å²) < 4.78 is 0. The van der Waals surface area contributed by atoms with E-state index in [0.29, 0.717) is 13.0 Å². The van der Waals surface area contributed by atoms with Crippen LogP contribution >= 0.6 is 11.8 Å². The summed E-state index contributed by atoms with van der Waals surface area (Å²) in [6, 6.07) is 1.92. The van der Waals surface area contributed by atoms with Gasteiger partial charge in [0.25, 0.3) is 0 Å². The molecule has 0 radical (unpaired) electrons. The number of likely N-dealkylation sites (N-methyl/N-ethyl adjacent to an activating group) is 1. The topological polar surface area (TPSA) is 84.6 Å². The smallest absolute Gasteiger partial charge is 0.304 e. The number of carboxylic acids is 1. The van der Waals surface area contributed by atoms with Gasteiger partial charge in [-0.2, -0.15) is 17.0 Å². The maximum atomic E-state index is 12.0. The van der Waals surface area contributed by atoms with Crippen LogP contribution in [0.4, 0.5) is 0 Å². The summed E-state index contributed by atoms with van der Waals surface area (Å²) in [5.41, 5.74) is 0. The molecule has 0 aliphatic carbocycles. The molecule has 7 heteroatoms. The van der Waals surface area contributed by atoms with Crippen molar-refractivity contribution in [2.45, 2.75) is 18.9 Å². The fourth-order valence-corrected chi connectivity index (χ4v) is 3.05. The number of carbonyl (C=O) groups is 2. The maximum Gasteiger partial charge on any atom is 0.304 e. The van der Waals surface area contributed by atoms with Gasteiger partial charge in [-0.15, -0.1) is 0 Å². The van der Waals surface area contributed by atoms with E-state index < -0.39 is 5.97 Å². The van der Waals surface area contributed by atoms with Gasteiger partial charge in [0.05, 0.1) is 25.5 Å². The Balaban J connectivity index is 2.49. The molecule has 0 saturated carbocycles. The van der Waals surface area contributed by atoms with Crippen molar-refractivity contribution in [3.63, 3.8) is 0 Å². The third kappa shape index (κ3) is 5.49. The molecule has 0 aromatic rings. The molecule has 1 rings (SSSR count). The van der Waals surface area contributed by atoms with Gasteiger partial charge in [0.1, 0.15) is 0 Å². The highest BCUT2D eigenvalue weighted by Gasteiger charge is 2.27. The lowest BCUT2D eigenvalue weighted by Crippen LogP contribution is -2.48. The second-order valence-corrected chi connectivity index (χ2v) is 5.67. The largest absolute Gasteiger partial charge is 0.481 e. The highest BCUT2D eigenvalue weighted by atomic mass is 32.2. The van der Waals surface area contributed by atoms with E-state index in [-0.39, 0.29) is 24.9 Å². The quantitative estimate of drug-likeness (QED) is 0.753. The molecule has 1 amide bonds. The SMILES string of the molecule is CN(CCC#N)C(=O)CN1CCSCC1CC(=O)O. The van der Waals surface area contributed by atoms with Crippen LogP contribution in [0.1, 0.15) is 12.8 Å². The molecule has 0 spiro atoms. The standard InChI is InChI=1S/C12H19N3O3S/c1-14(4-2-3-13)11(16)8-15-5-6-19-9-10(15)7-12(17)18/h10H,2,4-9H2,1H3,(H,17,18). The predicted octanol–water partition coefficient (Wildman–Crippen LogP) is 0.251. The average Bonchev–Trinajstić information content (AvgIpc) is 2.37. The molecular formula is C12H19N3O3S. The minimum Gasteiger partial charge on any atom is -0.481 e. The van der Waals surface area contributed by atoms with Gasteiger partial charge in [-0.3, -0.25) is 14.5 Å². The zero-order chi connectivity index (χ0) is 14.3. The molecule has 0 bridgehead atoms. The Bertz CT molecular complexity index is 370. The van der Waals surface area contributed by atoms with E-state index in [1.165, 1.54) is 4.90 Å². The number of rotatable bonds is 6. The van der Waals surface area contributed by atoms with Crippen LogP contribution in [0.5, 0.6) is 0 Å². The zero-order valence-electron chi connectivity index (χ0n) is 11.0. The number of amides is 1. The molecule has 1 atom stereocenters. The van der Waals surface area contributed by atoms with Crippen LogP contribution in [0.3, 0.4) is 0 Å². The fourth-order valence-electron chi connectivity index (χ4n) is 1.92. The Kier molecular flexibility index (Phi) is 6.67. The molecule has 0 aromatic carbocycles. The molecule has 1 unspecified atom stereocenters. The summed E-state index contributed by atoms with van der Waals surface area (Å²) >= 11 is 1.73. The summed E-state index contributed by atoms with van der Waals surface area (Å²) in [4.78, 5) is 26.2. The number of nitrogens with zero attached hydrogens (tertiary/aromatic N) is 3. The van der Waals surface area contributed by atoms with Crippen LogP contribution in [0.15, 0.2) is 0 Å². The minimum absolute atomic E-state index is 0.0578. The Morgan fingerprint density at radius 1 is 1.58 bits per heavy atom. The molecule has 1 aliphatic heterocycles. The van der Waals surface area contributed by atoms with Crippen molar-refractivity contribution < 1.29 is 14.7 Å². The minimum atomic E-state index is -0.831. The third-order valence-electron chi connectivity index (χ3n) is 3.08. The summed E-state index contributed by atoms with van der Waals surface area (Å²) in [5.74, 6) is 0.785. The third-order valence-corrected chi connectivity index (χ3v) is 4.17. The number of thioether (sulfide) groups is 1. The number of aliphatic carboxylic acids is 1. The summed E-state index contributed by atoms with van der Waals surface area (Å²) in [6.07, 6.45) is 0.388. The van der Waals surface area contributed by atoms with E-state index in [1.54, 1.807) is 18.8 Å². The van der Waals surface area contributed by atoms with Gasteiger partial charge in [0.15, 0.2) is 0 Å². The molecule has 1 aliphatic rings. The lowest BCUT2D eigenvalue weighted by Gasteiger charge is -2.34. The van der Waals surface area contributed by atoms with Gasteiger partial charge >= 0.3 is 5.97 Å². The number of carboxylic acid groups (broad SMARTS) is 1. The average molecular weight is 285 g/mol. The molecule has 6 nitrogen and oxygen atoms in total. The van der Waals surface area contributed by atoms with Crippen LogP contribution in [-0.4, -0.2) is 71.0 Å². The van der Waals surface area contributed by atoms with E-state index >= 15 is 0 Å². The van der Waals surface area contributed by atoms with Gasteiger partial charge in [-0.1, -0.05) is 0 Å². The summed E-state index contributed by atoms with van der Waals surface area (Å²) in [7, 11) is 1.67. The highest BCUT2D eigenvalue weighted by Crippen LogP contribution is 2.18. The van der Waals surface area contributed by atoms with Crippen LogP contribution < -0.4 is 0 Å². The normalized spacial score (nSPS) is 19.7. The van der Waals surface area contributed by atoms with E-state index in [1.807, 2.05) is 11.0 Å². The van der Waals surface area contributed by atoms with Crippen molar-refractivity contribution in [1.29, 1.82) is 5.26 Å². The number of nitriles is 1. The maximum absolute atomic E-state index is 12.0. The lowest BCUT2D eigenvalue weighted by atomic mass is 10.2. The number of carbonyl (C=O) groups excluding carboxylic acids is 1. The molecule has 0 aromatic heterocycles. The van der Waals surface area contributed by atoms with E-state index in [2.05, 4.69) is 0 Å². The van der Waals surface area contributed by atoms with Crippen LogP contribution in [0.25, 0.3) is 0 Å². The van der Waals surface area contributed by atoms with Gasteiger partial charge in [0, 0.05) is 37.7 Å². The molecule has 1 N–H and O–H groups in total.